The van der Waals surface area contributed by atoms with Crippen LogP contribution < -0.4 is 0 Å². The molecule has 0 bridgehead atoms. The quantitative estimate of drug-likeness (QED) is 0.152. The van der Waals surface area contributed by atoms with E-state index in [2.05, 4.69) is 238 Å². The van der Waals surface area contributed by atoms with Crippen LogP contribution in [0.2, 0.25) is 0 Å². The molecular formula is C65H46N2. The van der Waals surface area contributed by atoms with E-state index in [4.69, 9.17) is 9.97 Å². The summed E-state index contributed by atoms with van der Waals surface area (Å²) in [5, 5.41) is 2.30. The highest BCUT2D eigenvalue weighted by Crippen LogP contribution is 2.52. The van der Waals surface area contributed by atoms with Crippen LogP contribution in [0.5, 0.6) is 0 Å². The van der Waals surface area contributed by atoms with Gasteiger partial charge in [-0.15, -0.1) is 0 Å². The summed E-state index contributed by atoms with van der Waals surface area (Å²) in [7, 11) is 0. The number of hydrogen-bond donors (Lipinski definition) is 0. The Bertz CT molecular complexity index is 3630. The standard InChI is InChI=1S/C65H46N2/c1-65(2)60-31-15-14-28-57(60)59-30-17-29-54(63(59)65)49-25-16-24-48(38-49)51-39-50(44-20-8-4-9-21-44)40-52(41-51)53-36-37-58(56-27-13-12-26-55(53)56)62-42-61(66-64(67-62)47-22-10-5-11-23-47)46-34-32-45(33-35-46)43-18-6-3-7-19-43/h3-42H,1-2H3. The zero-order valence-electron chi connectivity index (χ0n) is 37.5. The predicted octanol–water partition coefficient (Wildman–Crippen LogP) is 17.3. The molecule has 2 nitrogen and oxygen atoms in total. The fourth-order valence-corrected chi connectivity index (χ4v) is 10.4. The zero-order chi connectivity index (χ0) is 44.9. The summed E-state index contributed by atoms with van der Waals surface area (Å²) in [5.74, 6) is 0.699. The largest absolute Gasteiger partial charge is 0.228 e. The van der Waals surface area contributed by atoms with E-state index in [1.807, 2.05) is 18.2 Å². The molecule has 316 valence electrons. The third-order valence-corrected chi connectivity index (χ3v) is 13.7. The van der Waals surface area contributed by atoms with Gasteiger partial charge in [-0.2, -0.15) is 0 Å². The summed E-state index contributed by atoms with van der Waals surface area (Å²) in [5.41, 5.74) is 22.1. The second-order valence-corrected chi connectivity index (χ2v) is 18.1. The molecule has 10 aromatic carbocycles. The van der Waals surface area contributed by atoms with Gasteiger partial charge in [-0.1, -0.05) is 226 Å². The Hall–Kier alpha value is -8.46. The van der Waals surface area contributed by atoms with Crippen molar-refractivity contribution in [1.82, 2.24) is 9.97 Å². The van der Waals surface area contributed by atoms with E-state index < -0.39 is 0 Å². The lowest BCUT2D eigenvalue weighted by Gasteiger charge is -2.24. The average molecular weight is 855 g/mol. The van der Waals surface area contributed by atoms with E-state index >= 15 is 0 Å². The lowest BCUT2D eigenvalue weighted by Crippen LogP contribution is -2.16. The van der Waals surface area contributed by atoms with E-state index in [9.17, 15) is 0 Å². The lowest BCUT2D eigenvalue weighted by molar-refractivity contribution is 0.662. The SMILES string of the molecule is CC1(C)c2ccccc2-c2cccc(-c3cccc(-c4cc(-c5ccccc5)cc(-c5ccc(-c6cc(-c7ccc(-c8ccccc8)cc7)nc(-c7ccccc7)n6)c6ccccc56)c4)c3)c21. The van der Waals surface area contributed by atoms with Crippen molar-refractivity contribution < 1.29 is 0 Å². The van der Waals surface area contributed by atoms with E-state index in [1.54, 1.807) is 0 Å². The van der Waals surface area contributed by atoms with Gasteiger partial charge < -0.3 is 0 Å². The number of aromatic nitrogens is 2. The number of hydrogen-bond acceptors (Lipinski definition) is 2. The van der Waals surface area contributed by atoms with E-state index in [0.717, 1.165) is 39.0 Å². The van der Waals surface area contributed by atoms with Crippen molar-refractivity contribution in [1.29, 1.82) is 0 Å². The van der Waals surface area contributed by atoms with Crippen LogP contribution in [0.1, 0.15) is 25.0 Å². The summed E-state index contributed by atoms with van der Waals surface area (Å²) in [6.45, 7) is 4.74. The lowest BCUT2D eigenvalue weighted by atomic mass is 9.78. The van der Waals surface area contributed by atoms with E-state index in [0.29, 0.717) is 5.82 Å². The summed E-state index contributed by atoms with van der Waals surface area (Å²) in [4.78, 5) is 10.5. The van der Waals surface area contributed by atoms with Crippen molar-refractivity contribution >= 4 is 10.8 Å². The molecule has 1 heterocycles. The van der Waals surface area contributed by atoms with Crippen molar-refractivity contribution in [2.75, 3.05) is 0 Å². The molecule has 1 aliphatic rings. The first-order valence-corrected chi connectivity index (χ1v) is 23.1. The molecule has 0 radical (unpaired) electrons. The second-order valence-electron chi connectivity index (χ2n) is 18.1. The normalized spacial score (nSPS) is 12.4. The maximum Gasteiger partial charge on any atom is 0.160 e. The maximum atomic E-state index is 5.29. The molecule has 0 saturated heterocycles. The molecule has 0 fully saturated rings. The predicted molar refractivity (Wildman–Crippen MR) is 281 cm³/mol. The van der Waals surface area contributed by atoms with Gasteiger partial charge in [0, 0.05) is 22.1 Å². The Kier molecular flexibility index (Phi) is 9.88. The molecule has 1 aromatic heterocycles. The molecule has 0 aliphatic heterocycles. The van der Waals surface area contributed by atoms with Crippen LogP contribution >= 0.6 is 0 Å². The van der Waals surface area contributed by atoms with Gasteiger partial charge in [0.05, 0.1) is 11.4 Å². The van der Waals surface area contributed by atoms with Gasteiger partial charge in [-0.3, -0.25) is 0 Å². The highest BCUT2D eigenvalue weighted by atomic mass is 14.9. The third-order valence-electron chi connectivity index (χ3n) is 13.7. The molecular weight excluding hydrogens is 809 g/mol. The van der Waals surface area contributed by atoms with Crippen LogP contribution in [-0.2, 0) is 5.41 Å². The first-order valence-electron chi connectivity index (χ1n) is 23.1. The van der Waals surface area contributed by atoms with Crippen LogP contribution in [0, 0.1) is 0 Å². The van der Waals surface area contributed by atoms with Gasteiger partial charge in [0.2, 0.25) is 0 Å². The molecule has 11 aromatic rings. The summed E-state index contributed by atoms with van der Waals surface area (Å²) in [6.07, 6.45) is 0. The smallest absolute Gasteiger partial charge is 0.160 e. The maximum absolute atomic E-state index is 5.29. The van der Waals surface area contributed by atoms with Crippen molar-refractivity contribution in [2.24, 2.45) is 0 Å². The second kappa shape index (κ2) is 16.5. The van der Waals surface area contributed by atoms with Gasteiger partial charge >= 0.3 is 0 Å². The Labute approximate surface area is 392 Å². The zero-order valence-corrected chi connectivity index (χ0v) is 37.5. The third kappa shape index (κ3) is 7.24. The minimum Gasteiger partial charge on any atom is -0.228 e. The molecule has 0 unspecified atom stereocenters. The number of rotatable bonds is 8. The minimum absolute atomic E-state index is 0.114. The van der Waals surface area contributed by atoms with Crippen molar-refractivity contribution in [3.05, 3.63) is 254 Å². The topological polar surface area (TPSA) is 25.8 Å². The Morgan fingerprint density at radius 1 is 0.269 bits per heavy atom. The Morgan fingerprint density at radius 3 is 1.46 bits per heavy atom. The number of benzene rings is 10. The van der Waals surface area contributed by atoms with Gasteiger partial charge in [-0.25, -0.2) is 9.97 Å². The minimum atomic E-state index is -0.114. The molecule has 2 heteroatoms. The van der Waals surface area contributed by atoms with E-state index in [-0.39, 0.29) is 5.41 Å². The molecule has 1 aliphatic carbocycles. The van der Waals surface area contributed by atoms with Crippen LogP contribution in [0.25, 0.3) is 111 Å². The monoisotopic (exact) mass is 854 g/mol. The van der Waals surface area contributed by atoms with Crippen molar-refractivity contribution in [3.63, 3.8) is 0 Å². The first-order chi connectivity index (χ1) is 33.0. The first kappa shape index (κ1) is 40.1. The highest BCUT2D eigenvalue weighted by Gasteiger charge is 2.37. The molecule has 67 heavy (non-hydrogen) atoms. The van der Waals surface area contributed by atoms with Crippen molar-refractivity contribution in [3.8, 4) is 101 Å². The van der Waals surface area contributed by atoms with Gasteiger partial charge in [0.25, 0.3) is 0 Å². The summed E-state index contributed by atoms with van der Waals surface area (Å²) < 4.78 is 0. The van der Waals surface area contributed by atoms with Crippen LogP contribution in [0.4, 0.5) is 0 Å². The fraction of sp³-hybridized carbons (Fsp3) is 0.0462. The Morgan fingerprint density at radius 2 is 0.731 bits per heavy atom. The molecule has 0 N–H and O–H groups in total. The average Bonchev–Trinajstić information content (AvgIpc) is 3.64. The molecule has 0 atom stereocenters. The van der Waals surface area contributed by atoms with Crippen LogP contribution in [0.15, 0.2) is 243 Å². The van der Waals surface area contributed by atoms with Crippen molar-refractivity contribution in [2.45, 2.75) is 19.3 Å². The number of fused-ring (bicyclic) bond motifs is 4. The molecule has 12 rings (SSSR count). The number of nitrogens with zero attached hydrogens (tertiary/aromatic N) is 2. The van der Waals surface area contributed by atoms with Crippen LogP contribution in [-0.4, -0.2) is 9.97 Å². The summed E-state index contributed by atoms with van der Waals surface area (Å²) >= 11 is 0. The molecule has 0 spiro atoms. The molecule has 0 amide bonds. The van der Waals surface area contributed by atoms with Gasteiger partial charge in [0.15, 0.2) is 5.82 Å². The summed E-state index contributed by atoms with van der Waals surface area (Å²) in [6, 6.07) is 87.6. The fourth-order valence-electron chi connectivity index (χ4n) is 10.4. The highest BCUT2D eigenvalue weighted by molar-refractivity contribution is 6.05. The van der Waals surface area contributed by atoms with Gasteiger partial charge in [-0.05, 0) is 119 Å². The molecule has 0 saturated carbocycles. The van der Waals surface area contributed by atoms with Crippen LogP contribution in [0.3, 0.4) is 0 Å². The van der Waals surface area contributed by atoms with Gasteiger partial charge in [0.1, 0.15) is 0 Å². The van der Waals surface area contributed by atoms with E-state index in [1.165, 1.54) is 77.7 Å². The Balaban J connectivity index is 0.988.